The number of rotatable bonds is 4. The lowest BCUT2D eigenvalue weighted by Crippen LogP contribution is -2.12. The molecule has 0 aliphatic carbocycles. The van der Waals surface area contributed by atoms with Crippen LogP contribution in [0.3, 0.4) is 0 Å². The van der Waals surface area contributed by atoms with Crippen molar-refractivity contribution in [1.29, 1.82) is 0 Å². The summed E-state index contributed by atoms with van der Waals surface area (Å²) < 4.78 is 13.5. The van der Waals surface area contributed by atoms with E-state index in [0.717, 1.165) is 12.0 Å². The Hall–Kier alpha value is -1.67. The van der Waals surface area contributed by atoms with Crippen molar-refractivity contribution in [2.24, 2.45) is 5.73 Å². The Bertz CT molecular complexity index is 623. The summed E-state index contributed by atoms with van der Waals surface area (Å²) in [6.45, 7) is 9.05. The van der Waals surface area contributed by atoms with Crippen LogP contribution in [0.2, 0.25) is 0 Å². The van der Waals surface area contributed by atoms with Gasteiger partial charge in [-0.25, -0.2) is 4.39 Å². The molecule has 0 radical (unpaired) electrons. The average molecular weight is 299 g/mol. The van der Waals surface area contributed by atoms with E-state index in [1.807, 2.05) is 12.1 Å². The molecule has 2 aromatic carbocycles. The molecule has 2 N–H and O–H groups in total. The largest absolute Gasteiger partial charge is 0.330 e. The minimum absolute atomic E-state index is 0.147. The third-order valence-electron chi connectivity index (χ3n) is 4.22. The predicted octanol–water partition coefficient (Wildman–Crippen LogP) is 4.91. The predicted molar refractivity (Wildman–Crippen MR) is 91.8 cm³/mol. The van der Waals surface area contributed by atoms with Crippen LogP contribution >= 0.6 is 0 Å². The van der Waals surface area contributed by atoms with Gasteiger partial charge in [-0.1, -0.05) is 57.2 Å². The van der Waals surface area contributed by atoms with Crippen molar-refractivity contribution in [3.63, 3.8) is 0 Å². The highest BCUT2D eigenvalue weighted by Gasteiger charge is 2.17. The second kappa shape index (κ2) is 6.62. The second-order valence-electron chi connectivity index (χ2n) is 7.01. The Morgan fingerprint density at radius 1 is 1.00 bits per heavy atom. The number of aryl methyl sites for hydroxylation is 1. The fourth-order valence-corrected chi connectivity index (χ4v) is 2.79. The summed E-state index contributed by atoms with van der Waals surface area (Å²) in [5.41, 5.74) is 10.3. The molecule has 118 valence electrons. The first-order valence-corrected chi connectivity index (χ1v) is 7.89. The Kier molecular flexibility index (Phi) is 5.02. The molecule has 1 unspecified atom stereocenters. The van der Waals surface area contributed by atoms with Gasteiger partial charge in [0.25, 0.3) is 0 Å². The lowest BCUT2D eigenvalue weighted by atomic mass is 9.83. The Morgan fingerprint density at radius 3 is 2.09 bits per heavy atom. The molecule has 0 saturated heterocycles. The highest BCUT2D eigenvalue weighted by Crippen LogP contribution is 2.31. The Labute approximate surface area is 133 Å². The molecular weight excluding hydrogens is 273 g/mol. The molecule has 22 heavy (non-hydrogen) atoms. The van der Waals surface area contributed by atoms with Gasteiger partial charge < -0.3 is 5.73 Å². The van der Waals surface area contributed by atoms with Crippen LogP contribution in [0, 0.1) is 12.7 Å². The van der Waals surface area contributed by atoms with E-state index in [4.69, 9.17) is 5.73 Å². The van der Waals surface area contributed by atoms with Crippen LogP contribution in [0.5, 0.6) is 0 Å². The first-order valence-electron chi connectivity index (χ1n) is 7.89. The molecule has 0 aromatic heterocycles. The molecule has 0 saturated carbocycles. The van der Waals surface area contributed by atoms with Crippen LogP contribution in [0.25, 0.3) is 0 Å². The fraction of sp³-hybridized carbons (Fsp3) is 0.400. The molecule has 1 nitrogen and oxygen atoms in total. The highest BCUT2D eigenvalue weighted by molar-refractivity contribution is 5.37. The van der Waals surface area contributed by atoms with E-state index in [9.17, 15) is 4.39 Å². The van der Waals surface area contributed by atoms with E-state index in [1.54, 1.807) is 13.0 Å². The third kappa shape index (κ3) is 3.75. The van der Waals surface area contributed by atoms with Crippen LogP contribution in [0.1, 0.15) is 55.4 Å². The first-order chi connectivity index (χ1) is 10.3. The molecule has 0 fully saturated rings. The summed E-state index contributed by atoms with van der Waals surface area (Å²) in [6, 6.07) is 14.1. The molecule has 0 amide bonds. The van der Waals surface area contributed by atoms with Crippen molar-refractivity contribution in [3.8, 4) is 0 Å². The topological polar surface area (TPSA) is 26.0 Å². The lowest BCUT2D eigenvalue weighted by molar-refractivity contribution is 0.589. The van der Waals surface area contributed by atoms with Crippen molar-refractivity contribution in [2.75, 3.05) is 6.54 Å². The van der Waals surface area contributed by atoms with Gasteiger partial charge in [0.2, 0.25) is 0 Å². The summed E-state index contributed by atoms with van der Waals surface area (Å²) in [6.07, 6.45) is 0.861. The zero-order valence-electron chi connectivity index (χ0n) is 14.0. The summed E-state index contributed by atoms with van der Waals surface area (Å²) >= 11 is 0. The van der Waals surface area contributed by atoms with Gasteiger partial charge in [-0.2, -0.15) is 0 Å². The standard InChI is InChI=1S/C20H26FN/c1-14-13-16(7-10-19(14)21)18(11-12-22)15-5-8-17(9-6-15)20(2,3)4/h5-10,13,18H,11-12,22H2,1-4H3. The molecular formula is C20H26FN. The van der Waals surface area contributed by atoms with Gasteiger partial charge in [0, 0.05) is 5.92 Å². The van der Waals surface area contributed by atoms with Gasteiger partial charge in [-0.3, -0.25) is 0 Å². The number of halogens is 1. The quantitative estimate of drug-likeness (QED) is 0.852. The number of hydrogen-bond donors (Lipinski definition) is 1. The smallest absolute Gasteiger partial charge is 0.126 e. The third-order valence-corrected chi connectivity index (χ3v) is 4.22. The van der Waals surface area contributed by atoms with Gasteiger partial charge in [0.1, 0.15) is 5.82 Å². The lowest BCUT2D eigenvalue weighted by Gasteiger charge is -2.22. The first kappa shape index (κ1) is 16.7. The molecule has 2 heteroatoms. The van der Waals surface area contributed by atoms with Crippen LogP contribution in [0.4, 0.5) is 4.39 Å². The van der Waals surface area contributed by atoms with Gasteiger partial charge in [-0.05, 0) is 53.6 Å². The van der Waals surface area contributed by atoms with Crippen LogP contribution in [0.15, 0.2) is 42.5 Å². The van der Waals surface area contributed by atoms with Crippen molar-refractivity contribution in [1.82, 2.24) is 0 Å². The zero-order valence-corrected chi connectivity index (χ0v) is 14.0. The van der Waals surface area contributed by atoms with Gasteiger partial charge in [0.15, 0.2) is 0 Å². The maximum Gasteiger partial charge on any atom is 0.126 e. The summed E-state index contributed by atoms with van der Waals surface area (Å²) in [7, 11) is 0. The molecule has 2 rings (SSSR count). The van der Waals surface area contributed by atoms with Gasteiger partial charge in [-0.15, -0.1) is 0 Å². The fourth-order valence-electron chi connectivity index (χ4n) is 2.79. The Morgan fingerprint density at radius 2 is 1.59 bits per heavy atom. The molecule has 2 aromatic rings. The number of hydrogen-bond acceptors (Lipinski definition) is 1. The number of nitrogens with two attached hydrogens (primary N) is 1. The SMILES string of the molecule is Cc1cc(C(CCN)c2ccc(C(C)(C)C)cc2)ccc1F. The molecule has 0 aliphatic heterocycles. The normalized spacial score (nSPS) is 13.2. The minimum Gasteiger partial charge on any atom is -0.330 e. The van der Waals surface area contributed by atoms with Gasteiger partial charge >= 0.3 is 0 Å². The van der Waals surface area contributed by atoms with E-state index < -0.39 is 0 Å². The van der Waals surface area contributed by atoms with Gasteiger partial charge in [0.05, 0.1) is 0 Å². The van der Waals surface area contributed by atoms with Crippen molar-refractivity contribution in [3.05, 3.63) is 70.5 Å². The van der Waals surface area contributed by atoms with Crippen molar-refractivity contribution in [2.45, 2.75) is 45.4 Å². The molecule has 0 bridgehead atoms. The molecule has 0 spiro atoms. The summed E-state index contributed by atoms with van der Waals surface area (Å²) in [4.78, 5) is 0. The summed E-state index contributed by atoms with van der Waals surface area (Å²) in [5.74, 6) is 0.0663. The van der Waals surface area contributed by atoms with E-state index >= 15 is 0 Å². The number of benzene rings is 2. The van der Waals surface area contributed by atoms with Crippen LogP contribution in [-0.2, 0) is 5.41 Å². The van der Waals surface area contributed by atoms with Crippen LogP contribution < -0.4 is 5.73 Å². The maximum absolute atomic E-state index is 13.5. The minimum atomic E-state index is -0.154. The van der Waals surface area contributed by atoms with E-state index in [-0.39, 0.29) is 17.2 Å². The average Bonchev–Trinajstić information content (AvgIpc) is 2.47. The zero-order chi connectivity index (χ0) is 16.3. The van der Waals surface area contributed by atoms with E-state index in [1.165, 1.54) is 11.1 Å². The van der Waals surface area contributed by atoms with Crippen molar-refractivity contribution >= 4 is 0 Å². The molecule has 1 atom stereocenters. The van der Waals surface area contributed by atoms with Crippen molar-refractivity contribution < 1.29 is 4.39 Å². The maximum atomic E-state index is 13.5. The van der Waals surface area contributed by atoms with Crippen LogP contribution in [-0.4, -0.2) is 6.54 Å². The Balaban J connectivity index is 2.37. The van der Waals surface area contributed by atoms with E-state index in [0.29, 0.717) is 12.1 Å². The highest BCUT2D eigenvalue weighted by atomic mass is 19.1. The monoisotopic (exact) mass is 299 g/mol. The second-order valence-corrected chi connectivity index (χ2v) is 7.01. The summed E-state index contributed by atoms with van der Waals surface area (Å²) in [5, 5.41) is 0. The van der Waals surface area contributed by atoms with E-state index in [2.05, 4.69) is 45.0 Å². The molecule has 0 heterocycles. The molecule has 0 aliphatic rings.